The van der Waals surface area contributed by atoms with Gasteiger partial charge in [-0.2, -0.15) is 0 Å². The predicted molar refractivity (Wildman–Crippen MR) is 104 cm³/mol. The Balaban J connectivity index is 1.57. The Morgan fingerprint density at radius 3 is 2.54 bits per heavy atom. The maximum atomic E-state index is 13.3. The molecule has 5 fully saturated rings. The lowest BCUT2D eigenvalue weighted by Crippen LogP contribution is -2.46. The van der Waals surface area contributed by atoms with Gasteiger partial charge in [0.1, 0.15) is 5.78 Å². The lowest BCUT2D eigenvalue weighted by Gasteiger charge is -2.46. The molecule has 5 aliphatic rings. The van der Waals surface area contributed by atoms with E-state index in [-0.39, 0.29) is 10.8 Å². The largest absolute Gasteiger partial charge is 0.377 e. The molecule has 1 spiro atoms. The quantitative estimate of drug-likeness (QED) is 0.652. The van der Waals surface area contributed by atoms with E-state index in [2.05, 4.69) is 34.6 Å². The van der Waals surface area contributed by atoms with Gasteiger partial charge in [-0.15, -0.1) is 0 Å². The van der Waals surface area contributed by atoms with Crippen LogP contribution in [0.1, 0.15) is 79.6 Å². The van der Waals surface area contributed by atoms with Gasteiger partial charge in [0.15, 0.2) is 0 Å². The SMILES string of the molecule is CC(C)[C@@H]1CC[C@]2(C)COC(C3CC(=O)[C@]4(C)CC[C@H]5[C@H](C)CC[C@]354)[C@H]12. The molecule has 1 heterocycles. The molecular weight excluding hydrogens is 320 g/mol. The first-order valence-electron chi connectivity index (χ1n) is 11.4. The first-order valence-corrected chi connectivity index (χ1v) is 11.4. The van der Waals surface area contributed by atoms with E-state index < -0.39 is 0 Å². The molecule has 0 aromatic rings. The number of Topliss-reactive ketones (excluding diaryl/α,β-unsaturated/α-hetero) is 1. The molecule has 146 valence electrons. The maximum Gasteiger partial charge on any atom is 0.139 e. The smallest absolute Gasteiger partial charge is 0.139 e. The first-order chi connectivity index (χ1) is 12.2. The van der Waals surface area contributed by atoms with Crippen molar-refractivity contribution in [3.63, 3.8) is 0 Å². The maximum absolute atomic E-state index is 13.3. The zero-order valence-corrected chi connectivity index (χ0v) is 17.5. The number of carbonyl (C=O) groups excluding carboxylic acids is 1. The summed E-state index contributed by atoms with van der Waals surface area (Å²) in [5.74, 6) is 4.81. The van der Waals surface area contributed by atoms with E-state index in [0.717, 1.165) is 43.1 Å². The Labute approximate surface area is 159 Å². The summed E-state index contributed by atoms with van der Waals surface area (Å²) in [6.07, 6.45) is 8.86. The van der Waals surface area contributed by atoms with Crippen molar-refractivity contribution in [3.05, 3.63) is 0 Å². The van der Waals surface area contributed by atoms with Crippen molar-refractivity contribution < 1.29 is 9.53 Å². The zero-order chi connectivity index (χ0) is 18.5. The number of ketones is 1. The fourth-order valence-corrected chi connectivity index (χ4v) is 9.22. The molecule has 1 saturated heterocycles. The molecule has 0 amide bonds. The number of hydrogen-bond donors (Lipinski definition) is 0. The van der Waals surface area contributed by atoms with Gasteiger partial charge in [0.25, 0.3) is 0 Å². The van der Waals surface area contributed by atoms with Crippen LogP contribution in [0.25, 0.3) is 0 Å². The van der Waals surface area contributed by atoms with Crippen molar-refractivity contribution in [2.24, 2.45) is 51.8 Å². The van der Waals surface area contributed by atoms with Gasteiger partial charge in [-0.1, -0.05) is 34.6 Å². The van der Waals surface area contributed by atoms with Crippen molar-refractivity contribution >= 4 is 5.78 Å². The highest BCUT2D eigenvalue weighted by molar-refractivity contribution is 5.89. The standard InChI is InChI=1S/C24H38O2/c1-14(2)16-7-9-22(4)13-26-21(20(16)22)18-12-19(25)23(5)10-8-17-15(3)6-11-24(17,18)23/h14-18,20-21H,6-13H2,1-5H3/t15-,16+,17+,18?,20+,21?,22-,23+,24-/m1/s1. The summed E-state index contributed by atoms with van der Waals surface area (Å²) in [4.78, 5) is 13.3. The summed E-state index contributed by atoms with van der Waals surface area (Å²) in [6.45, 7) is 13.0. The van der Waals surface area contributed by atoms with Crippen LogP contribution in [0, 0.1) is 51.8 Å². The van der Waals surface area contributed by atoms with E-state index in [1.54, 1.807) is 0 Å². The number of hydrogen-bond acceptors (Lipinski definition) is 2. The van der Waals surface area contributed by atoms with Crippen molar-refractivity contribution in [2.45, 2.75) is 85.7 Å². The summed E-state index contributed by atoms with van der Waals surface area (Å²) in [7, 11) is 0. The summed E-state index contributed by atoms with van der Waals surface area (Å²) in [6, 6.07) is 0. The van der Waals surface area contributed by atoms with Crippen LogP contribution in [0.4, 0.5) is 0 Å². The lowest BCUT2D eigenvalue weighted by molar-refractivity contribution is -0.128. The lowest BCUT2D eigenvalue weighted by atomic mass is 9.58. The number of rotatable bonds is 2. The molecule has 5 rings (SSSR count). The minimum atomic E-state index is -0.0542. The second kappa shape index (κ2) is 5.37. The predicted octanol–water partition coefficient (Wildman–Crippen LogP) is 5.50. The molecule has 4 saturated carbocycles. The third-order valence-corrected chi connectivity index (χ3v) is 10.6. The molecule has 0 aromatic heterocycles. The third kappa shape index (κ3) is 1.86. The summed E-state index contributed by atoms with van der Waals surface area (Å²) >= 11 is 0. The molecule has 0 N–H and O–H groups in total. The van der Waals surface area contributed by atoms with Crippen LogP contribution in [0.15, 0.2) is 0 Å². The van der Waals surface area contributed by atoms with Crippen LogP contribution in [0.3, 0.4) is 0 Å². The van der Waals surface area contributed by atoms with Gasteiger partial charge < -0.3 is 4.74 Å². The summed E-state index contributed by atoms with van der Waals surface area (Å²) < 4.78 is 6.67. The molecule has 0 bridgehead atoms. The number of ether oxygens (including phenoxy) is 1. The van der Waals surface area contributed by atoms with Crippen molar-refractivity contribution in [2.75, 3.05) is 6.61 Å². The van der Waals surface area contributed by atoms with E-state index in [0.29, 0.717) is 29.1 Å². The molecule has 2 nitrogen and oxygen atoms in total. The molecule has 4 aliphatic carbocycles. The molecule has 2 heteroatoms. The van der Waals surface area contributed by atoms with Gasteiger partial charge in [-0.25, -0.2) is 0 Å². The summed E-state index contributed by atoms with van der Waals surface area (Å²) in [5, 5.41) is 0. The van der Waals surface area contributed by atoms with E-state index in [1.165, 1.54) is 32.1 Å². The van der Waals surface area contributed by atoms with Gasteiger partial charge in [-0.05, 0) is 84.9 Å². The average molecular weight is 359 g/mol. The van der Waals surface area contributed by atoms with E-state index in [9.17, 15) is 4.79 Å². The molecule has 26 heavy (non-hydrogen) atoms. The minimum Gasteiger partial charge on any atom is -0.377 e. The highest BCUT2D eigenvalue weighted by Crippen LogP contribution is 2.75. The Hall–Kier alpha value is -0.370. The van der Waals surface area contributed by atoms with Crippen LogP contribution in [-0.4, -0.2) is 18.5 Å². The third-order valence-electron chi connectivity index (χ3n) is 10.6. The number of fused-ring (bicyclic) bond motifs is 1. The first kappa shape index (κ1) is 17.7. The number of carbonyl (C=O) groups is 1. The monoisotopic (exact) mass is 358 g/mol. The highest BCUT2D eigenvalue weighted by Gasteiger charge is 2.74. The zero-order valence-electron chi connectivity index (χ0n) is 17.5. The topological polar surface area (TPSA) is 26.3 Å². The fraction of sp³-hybridized carbons (Fsp3) is 0.958. The van der Waals surface area contributed by atoms with Crippen molar-refractivity contribution in [1.82, 2.24) is 0 Å². The van der Waals surface area contributed by atoms with Crippen LogP contribution in [0.5, 0.6) is 0 Å². The molecule has 2 unspecified atom stereocenters. The molecule has 1 aliphatic heterocycles. The van der Waals surface area contributed by atoms with Gasteiger partial charge in [0.05, 0.1) is 12.7 Å². The van der Waals surface area contributed by atoms with Gasteiger partial charge >= 0.3 is 0 Å². The van der Waals surface area contributed by atoms with Crippen LogP contribution in [0.2, 0.25) is 0 Å². The van der Waals surface area contributed by atoms with Gasteiger partial charge in [-0.3, -0.25) is 4.79 Å². The molecular formula is C24H38O2. The second-order valence-electron chi connectivity index (χ2n) is 11.7. The van der Waals surface area contributed by atoms with Crippen LogP contribution < -0.4 is 0 Å². The Morgan fingerprint density at radius 2 is 1.81 bits per heavy atom. The van der Waals surface area contributed by atoms with Gasteiger partial charge in [0.2, 0.25) is 0 Å². The minimum absolute atomic E-state index is 0.0542. The molecule has 0 aromatic carbocycles. The second-order valence-corrected chi connectivity index (χ2v) is 11.7. The van der Waals surface area contributed by atoms with Crippen LogP contribution in [-0.2, 0) is 9.53 Å². The van der Waals surface area contributed by atoms with Crippen molar-refractivity contribution in [3.8, 4) is 0 Å². The summed E-state index contributed by atoms with van der Waals surface area (Å²) in [5.41, 5.74) is 0.557. The highest BCUT2D eigenvalue weighted by atomic mass is 16.5. The Bertz CT molecular complexity index is 626. The van der Waals surface area contributed by atoms with Crippen molar-refractivity contribution in [1.29, 1.82) is 0 Å². The van der Waals surface area contributed by atoms with E-state index in [4.69, 9.17) is 4.74 Å². The average Bonchev–Trinajstić information content (AvgIpc) is 3.29. The fourth-order valence-electron chi connectivity index (χ4n) is 9.22. The van der Waals surface area contributed by atoms with E-state index >= 15 is 0 Å². The Morgan fingerprint density at radius 1 is 1.04 bits per heavy atom. The molecule has 9 atom stereocenters. The van der Waals surface area contributed by atoms with Crippen LogP contribution >= 0.6 is 0 Å². The van der Waals surface area contributed by atoms with Gasteiger partial charge in [0, 0.05) is 11.8 Å². The molecule has 0 radical (unpaired) electrons. The van der Waals surface area contributed by atoms with E-state index in [1.807, 2.05) is 0 Å². The Kier molecular flexibility index (Phi) is 3.65. The normalized spacial score (nSPS) is 58.5.